The fourth-order valence-electron chi connectivity index (χ4n) is 5.20. The van der Waals surface area contributed by atoms with E-state index in [-0.39, 0.29) is 34.5 Å². The summed E-state index contributed by atoms with van der Waals surface area (Å²) in [6.07, 6.45) is 1.87. The van der Waals surface area contributed by atoms with E-state index in [1.165, 1.54) is 36.3 Å². The molecule has 1 atom stereocenters. The number of amides is 2. The normalized spacial score (nSPS) is 11.8. The van der Waals surface area contributed by atoms with Crippen LogP contribution in [0.25, 0.3) is 0 Å². The number of ether oxygens (including phenoxy) is 2. The van der Waals surface area contributed by atoms with Crippen LogP contribution < -0.4 is 19.1 Å². The van der Waals surface area contributed by atoms with Gasteiger partial charge >= 0.3 is 0 Å². The molecule has 11 heteroatoms. The number of rotatable bonds is 16. The highest BCUT2D eigenvalue weighted by molar-refractivity contribution is 7.92. The van der Waals surface area contributed by atoms with E-state index in [1.54, 1.807) is 43.5 Å². The first-order valence-corrected chi connectivity index (χ1v) is 17.6. The summed E-state index contributed by atoms with van der Waals surface area (Å²) in [6.45, 7) is 3.75. The van der Waals surface area contributed by atoms with E-state index in [2.05, 4.69) is 5.32 Å². The molecular weight excluding hydrogens is 650 g/mol. The van der Waals surface area contributed by atoms with Crippen LogP contribution in [0.15, 0.2) is 102 Å². The van der Waals surface area contributed by atoms with E-state index < -0.39 is 28.5 Å². The van der Waals surface area contributed by atoms with Crippen LogP contribution in [0.3, 0.4) is 0 Å². The molecule has 0 bridgehead atoms. The van der Waals surface area contributed by atoms with Crippen molar-refractivity contribution in [2.75, 3.05) is 31.6 Å². The van der Waals surface area contributed by atoms with Gasteiger partial charge < -0.3 is 19.7 Å². The van der Waals surface area contributed by atoms with E-state index >= 15 is 0 Å². The molecule has 0 unspecified atom stereocenters. The van der Waals surface area contributed by atoms with Crippen molar-refractivity contribution in [1.29, 1.82) is 0 Å². The van der Waals surface area contributed by atoms with Gasteiger partial charge in [-0.2, -0.15) is 0 Å². The summed E-state index contributed by atoms with van der Waals surface area (Å²) in [5, 5.41) is 3.17. The smallest absolute Gasteiger partial charge is 0.264 e. The maximum Gasteiger partial charge on any atom is 0.264 e. The van der Waals surface area contributed by atoms with Crippen LogP contribution >= 0.6 is 11.6 Å². The maximum atomic E-state index is 14.6. The van der Waals surface area contributed by atoms with Gasteiger partial charge in [0.05, 0.1) is 29.8 Å². The minimum atomic E-state index is -4.28. The van der Waals surface area contributed by atoms with Crippen LogP contribution in [0.1, 0.15) is 36.5 Å². The number of carbonyl (C=O) groups is 2. The lowest BCUT2D eigenvalue weighted by molar-refractivity contribution is -0.140. The fraction of sp³-hybridized carbons (Fsp3) is 0.297. The van der Waals surface area contributed by atoms with E-state index in [0.29, 0.717) is 23.6 Å². The molecule has 0 heterocycles. The number of methoxy groups -OCH3 is 2. The van der Waals surface area contributed by atoms with Gasteiger partial charge in [-0.1, -0.05) is 85.1 Å². The minimum Gasteiger partial charge on any atom is -0.497 e. The van der Waals surface area contributed by atoms with Gasteiger partial charge in [0, 0.05) is 19.5 Å². The molecular formula is C37H42ClN3O6S. The average Bonchev–Trinajstić information content (AvgIpc) is 3.09. The zero-order valence-corrected chi connectivity index (χ0v) is 29.3. The first-order valence-electron chi connectivity index (χ1n) is 15.7. The van der Waals surface area contributed by atoms with E-state index in [4.69, 9.17) is 21.1 Å². The Labute approximate surface area is 288 Å². The Morgan fingerprint density at radius 1 is 0.875 bits per heavy atom. The number of carbonyl (C=O) groups excluding carboxylic acids is 2. The van der Waals surface area contributed by atoms with Crippen LogP contribution in [0, 0.1) is 6.92 Å². The third-order valence-electron chi connectivity index (χ3n) is 7.90. The number of unbranched alkanes of at least 4 members (excludes halogenated alkanes) is 1. The number of hydrogen-bond donors (Lipinski definition) is 1. The molecule has 4 rings (SSSR count). The summed E-state index contributed by atoms with van der Waals surface area (Å²) < 4.78 is 40.3. The number of hydrogen-bond acceptors (Lipinski definition) is 6. The van der Waals surface area contributed by atoms with Gasteiger partial charge in [-0.05, 0) is 66.9 Å². The predicted molar refractivity (Wildman–Crippen MR) is 189 cm³/mol. The summed E-state index contributed by atoms with van der Waals surface area (Å²) in [7, 11) is -1.27. The number of sulfonamides is 1. The highest BCUT2D eigenvalue weighted by Gasteiger charge is 2.35. The summed E-state index contributed by atoms with van der Waals surface area (Å²) >= 11 is 6.46. The molecule has 2 amide bonds. The zero-order valence-electron chi connectivity index (χ0n) is 27.7. The van der Waals surface area contributed by atoms with Gasteiger partial charge in [-0.15, -0.1) is 0 Å². The molecule has 0 aliphatic rings. The summed E-state index contributed by atoms with van der Waals surface area (Å²) in [4.78, 5) is 30.0. The van der Waals surface area contributed by atoms with Crippen molar-refractivity contribution in [2.45, 2.75) is 50.6 Å². The zero-order chi connectivity index (χ0) is 34.7. The highest BCUT2D eigenvalue weighted by Crippen LogP contribution is 2.32. The Balaban J connectivity index is 1.82. The molecule has 1 N–H and O–H groups in total. The van der Waals surface area contributed by atoms with Crippen molar-refractivity contribution in [1.82, 2.24) is 10.2 Å². The Hall–Kier alpha value is -4.54. The molecule has 0 fully saturated rings. The second kappa shape index (κ2) is 17.0. The highest BCUT2D eigenvalue weighted by atomic mass is 35.5. The Kier molecular flexibility index (Phi) is 12.9. The fourth-order valence-corrected chi connectivity index (χ4v) is 6.86. The second-order valence-corrected chi connectivity index (χ2v) is 13.6. The lowest BCUT2D eigenvalue weighted by Gasteiger charge is -2.34. The number of nitrogens with one attached hydrogen (secondary N) is 1. The van der Waals surface area contributed by atoms with Crippen molar-refractivity contribution in [3.8, 4) is 11.5 Å². The second-order valence-electron chi connectivity index (χ2n) is 11.4. The van der Waals surface area contributed by atoms with Crippen LogP contribution in [0.4, 0.5) is 5.69 Å². The molecule has 0 aromatic heterocycles. The summed E-state index contributed by atoms with van der Waals surface area (Å²) in [5.41, 5.74) is 2.61. The van der Waals surface area contributed by atoms with Gasteiger partial charge in [0.2, 0.25) is 11.8 Å². The molecule has 0 saturated carbocycles. The quantitative estimate of drug-likeness (QED) is 0.136. The number of anilines is 1. The Bertz CT molecular complexity index is 1780. The average molecular weight is 692 g/mol. The Morgan fingerprint density at radius 3 is 2.23 bits per heavy atom. The van der Waals surface area contributed by atoms with Crippen molar-refractivity contribution < 1.29 is 27.5 Å². The lowest BCUT2D eigenvalue weighted by atomic mass is 10.0. The first kappa shape index (κ1) is 36.3. The maximum absolute atomic E-state index is 14.6. The number of nitrogens with zero attached hydrogens (tertiary/aromatic N) is 2. The molecule has 0 aliphatic heterocycles. The third-order valence-corrected chi connectivity index (χ3v) is 9.98. The summed E-state index contributed by atoms with van der Waals surface area (Å²) in [5.74, 6) is 0.0325. The van der Waals surface area contributed by atoms with Crippen LogP contribution in [0.2, 0.25) is 5.02 Å². The molecule has 48 heavy (non-hydrogen) atoms. The van der Waals surface area contributed by atoms with Crippen LogP contribution in [-0.4, -0.2) is 58.5 Å². The molecule has 4 aromatic carbocycles. The predicted octanol–water partition coefficient (Wildman–Crippen LogP) is 6.42. The minimum absolute atomic E-state index is 0.00494. The first-order chi connectivity index (χ1) is 23.1. The summed E-state index contributed by atoms with van der Waals surface area (Å²) in [6, 6.07) is 26.6. The SMILES string of the molecule is CCCCNC(=O)[C@@H](Cc1ccccc1)N(Cc1cccc(OC)c1)C(=O)CN(c1ccc(OC)c(Cl)c1)S(=O)(=O)c1ccc(C)cc1. The molecule has 0 spiro atoms. The van der Waals surface area contributed by atoms with E-state index in [0.717, 1.165) is 28.3 Å². The number of halogens is 1. The van der Waals surface area contributed by atoms with Crippen molar-refractivity contribution in [2.24, 2.45) is 0 Å². The van der Waals surface area contributed by atoms with E-state index in [1.807, 2.05) is 50.2 Å². The molecule has 0 saturated heterocycles. The van der Waals surface area contributed by atoms with Crippen LogP contribution in [0.5, 0.6) is 11.5 Å². The van der Waals surface area contributed by atoms with Gasteiger partial charge in [0.15, 0.2) is 0 Å². The van der Waals surface area contributed by atoms with Gasteiger partial charge in [0.1, 0.15) is 24.1 Å². The van der Waals surface area contributed by atoms with E-state index in [9.17, 15) is 18.0 Å². The molecule has 254 valence electrons. The van der Waals surface area contributed by atoms with Gasteiger partial charge in [-0.25, -0.2) is 8.42 Å². The van der Waals surface area contributed by atoms with Gasteiger partial charge in [-0.3, -0.25) is 13.9 Å². The monoisotopic (exact) mass is 691 g/mol. The van der Waals surface area contributed by atoms with Crippen molar-refractivity contribution in [3.05, 3.63) is 119 Å². The lowest BCUT2D eigenvalue weighted by Crippen LogP contribution is -2.53. The Morgan fingerprint density at radius 2 is 1.58 bits per heavy atom. The largest absolute Gasteiger partial charge is 0.497 e. The molecule has 9 nitrogen and oxygen atoms in total. The topological polar surface area (TPSA) is 105 Å². The number of benzene rings is 4. The van der Waals surface area contributed by atoms with Crippen molar-refractivity contribution >= 4 is 39.1 Å². The van der Waals surface area contributed by atoms with Gasteiger partial charge in [0.25, 0.3) is 10.0 Å². The molecule has 0 radical (unpaired) electrons. The standard InChI is InChI=1S/C37H42ClN3O6S/c1-5-6-21-39-37(43)34(23-28-11-8-7-9-12-28)40(25-29-13-10-14-31(22-29)46-3)36(42)26-41(30-17-20-35(47-4)33(38)24-30)48(44,45)32-18-15-27(2)16-19-32/h7-20,22,24,34H,5-6,21,23,25-26H2,1-4H3,(H,39,43)/t34-/m1/s1. The third kappa shape index (κ3) is 9.29. The van der Waals surface area contributed by atoms with Crippen molar-refractivity contribution in [3.63, 3.8) is 0 Å². The molecule has 4 aromatic rings. The molecule has 0 aliphatic carbocycles. The number of aryl methyl sites for hydroxylation is 1. The van der Waals surface area contributed by atoms with Crippen LogP contribution in [-0.2, 0) is 32.6 Å².